The zero-order chi connectivity index (χ0) is 26.2. The fourth-order valence-electron chi connectivity index (χ4n) is 6.26. The van der Waals surface area contributed by atoms with Crippen LogP contribution in [0.25, 0.3) is 10.9 Å². The number of nitrogens with zero attached hydrogens (tertiary/aromatic N) is 4. The first-order valence-corrected chi connectivity index (χ1v) is 14.3. The summed E-state index contributed by atoms with van der Waals surface area (Å²) >= 11 is 0. The molecule has 2 saturated heterocycles. The smallest absolute Gasteiger partial charge is 0.305 e. The molecule has 2 aliphatic rings. The Balaban J connectivity index is 1.31. The van der Waals surface area contributed by atoms with Gasteiger partial charge in [-0.1, -0.05) is 12.5 Å². The molecule has 7 heteroatoms. The molecule has 1 aromatic heterocycles. The van der Waals surface area contributed by atoms with Crippen LogP contribution in [0.15, 0.2) is 24.3 Å². The van der Waals surface area contributed by atoms with E-state index in [-0.39, 0.29) is 12.0 Å². The number of amides is 1. The number of carbonyl (C=O) groups is 2. The number of unbranched alkanes of at least 4 members (excludes halogenated alkanes) is 2. The van der Waals surface area contributed by atoms with Crippen molar-refractivity contribution in [2.24, 2.45) is 0 Å². The number of aryl methyl sites for hydroxylation is 2. The van der Waals surface area contributed by atoms with E-state index >= 15 is 0 Å². The molecule has 0 saturated carbocycles. The SMILES string of the molecule is CCOC(=O)CCCCCN1CCCC1C(=O)N1CCCC1CCc1cc2ccc(C#N)cc2n1CC. The van der Waals surface area contributed by atoms with Crippen molar-refractivity contribution in [3.05, 3.63) is 35.5 Å². The van der Waals surface area contributed by atoms with E-state index in [1.807, 2.05) is 25.1 Å². The molecular weight excluding hydrogens is 464 g/mol. The molecule has 1 aromatic carbocycles. The van der Waals surface area contributed by atoms with Crippen LogP contribution in [-0.4, -0.2) is 64.6 Å². The Labute approximate surface area is 221 Å². The highest BCUT2D eigenvalue weighted by atomic mass is 16.5. The average Bonchev–Trinajstić information content (AvgIpc) is 3.64. The van der Waals surface area contributed by atoms with E-state index in [2.05, 4.69) is 33.4 Å². The van der Waals surface area contributed by atoms with Gasteiger partial charge in [-0.15, -0.1) is 0 Å². The second kappa shape index (κ2) is 13.1. The lowest BCUT2D eigenvalue weighted by Crippen LogP contribution is -2.47. The van der Waals surface area contributed by atoms with Crippen LogP contribution in [0, 0.1) is 11.3 Å². The maximum absolute atomic E-state index is 13.7. The highest BCUT2D eigenvalue weighted by Gasteiger charge is 2.37. The third-order valence-electron chi connectivity index (χ3n) is 8.11. The molecule has 1 amide bonds. The van der Waals surface area contributed by atoms with E-state index in [4.69, 9.17) is 4.74 Å². The van der Waals surface area contributed by atoms with E-state index in [1.54, 1.807) is 0 Å². The van der Waals surface area contributed by atoms with Crippen LogP contribution >= 0.6 is 0 Å². The highest BCUT2D eigenvalue weighted by Crippen LogP contribution is 2.29. The number of fused-ring (bicyclic) bond motifs is 1. The van der Waals surface area contributed by atoms with Crippen molar-refractivity contribution in [2.45, 2.75) is 96.7 Å². The summed E-state index contributed by atoms with van der Waals surface area (Å²) in [6.07, 6.45) is 9.46. The zero-order valence-corrected chi connectivity index (χ0v) is 22.6. The molecule has 0 aliphatic carbocycles. The topological polar surface area (TPSA) is 78.6 Å². The second-order valence-corrected chi connectivity index (χ2v) is 10.4. The number of nitriles is 1. The highest BCUT2D eigenvalue weighted by molar-refractivity contribution is 5.83. The van der Waals surface area contributed by atoms with Crippen molar-refractivity contribution < 1.29 is 14.3 Å². The fourth-order valence-corrected chi connectivity index (χ4v) is 6.26. The average molecular weight is 507 g/mol. The number of aromatic nitrogens is 1. The van der Waals surface area contributed by atoms with Crippen LogP contribution < -0.4 is 0 Å². The molecule has 200 valence electrons. The van der Waals surface area contributed by atoms with Gasteiger partial charge in [-0.25, -0.2) is 0 Å². The van der Waals surface area contributed by atoms with Crippen LogP contribution in [0.3, 0.4) is 0 Å². The number of likely N-dealkylation sites (tertiary alicyclic amines) is 2. The predicted molar refractivity (Wildman–Crippen MR) is 145 cm³/mol. The van der Waals surface area contributed by atoms with Crippen molar-refractivity contribution in [3.8, 4) is 6.07 Å². The first-order valence-electron chi connectivity index (χ1n) is 14.3. The standard InChI is InChI=1S/C30H42N4O3/c1-3-33-26(21-24-14-13-23(22-31)20-28(24)33)16-15-25-10-8-19-34(25)30(36)27-11-9-18-32(27)17-7-5-6-12-29(35)37-4-2/h13-14,20-21,25,27H,3-12,15-19H2,1-2H3. The molecule has 2 atom stereocenters. The van der Waals surface area contributed by atoms with Gasteiger partial charge in [0.05, 0.1) is 24.3 Å². The van der Waals surface area contributed by atoms with Gasteiger partial charge in [0.25, 0.3) is 0 Å². The number of carbonyl (C=O) groups excluding carboxylic acids is 2. The summed E-state index contributed by atoms with van der Waals surface area (Å²) < 4.78 is 7.33. The maximum atomic E-state index is 13.7. The van der Waals surface area contributed by atoms with Crippen molar-refractivity contribution in [3.63, 3.8) is 0 Å². The summed E-state index contributed by atoms with van der Waals surface area (Å²) in [6, 6.07) is 10.7. The fraction of sp³-hybridized carbons (Fsp3) is 0.633. The molecule has 3 heterocycles. The van der Waals surface area contributed by atoms with Gasteiger partial charge in [0, 0.05) is 36.8 Å². The minimum atomic E-state index is -0.108. The minimum absolute atomic E-state index is 0.0113. The molecule has 2 aliphatic heterocycles. The third-order valence-corrected chi connectivity index (χ3v) is 8.11. The van der Waals surface area contributed by atoms with Crippen LogP contribution in [0.5, 0.6) is 0 Å². The summed E-state index contributed by atoms with van der Waals surface area (Å²) in [5, 5.41) is 10.5. The van der Waals surface area contributed by atoms with Crippen molar-refractivity contribution >= 4 is 22.8 Å². The normalized spacial score (nSPS) is 20.0. The first kappa shape index (κ1) is 27.2. The lowest BCUT2D eigenvalue weighted by atomic mass is 10.1. The molecule has 2 aromatic rings. The minimum Gasteiger partial charge on any atom is -0.466 e. The molecule has 4 rings (SSSR count). The largest absolute Gasteiger partial charge is 0.466 e. The molecule has 0 bridgehead atoms. The van der Waals surface area contributed by atoms with Crippen LogP contribution in [0.2, 0.25) is 0 Å². The second-order valence-electron chi connectivity index (χ2n) is 10.4. The first-order chi connectivity index (χ1) is 18.0. The predicted octanol–water partition coefficient (Wildman–Crippen LogP) is 5.04. The molecule has 0 N–H and O–H groups in total. The summed E-state index contributed by atoms with van der Waals surface area (Å²) in [7, 11) is 0. The van der Waals surface area contributed by atoms with Gasteiger partial charge in [-0.2, -0.15) is 5.26 Å². The summed E-state index contributed by atoms with van der Waals surface area (Å²) in [6.45, 7) is 8.10. The molecule has 2 unspecified atom stereocenters. The Morgan fingerprint density at radius 3 is 2.70 bits per heavy atom. The lowest BCUT2D eigenvalue weighted by molar-refractivity contribution is -0.143. The van der Waals surface area contributed by atoms with Crippen LogP contribution in [0.1, 0.15) is 82.9 Å². The summed E-state index contributed by atoms with van der Waals surface area (Å²) in [4.78, 5) is 29.7. The van der Waals surface area contributed by atoms with E-state index in [1.165, 1.54) is 11.1 Å². The number of rotatable bonds is 12. The quantitative estimate of drug-likeness (QED) is 0.298. The van der Waals surface area contributed by atoms with E-state index in [9.17, 15) is 14.9 Å². The van der Waals surface area contributed by atoms with Gasteiger partial charge in [0.15, 0.2) is 0 Å². The number of hydrogen-bond donors (Lipinski definition) is 0. The molecular formula is C30H42N4O3. The van der Waals surface area contributed by atoms with E-state index in [0.29, 0.717) is 30.5 Å². The molecule has 37 heavy (non-hydrogen) atoms. The Morgan fingerprint density at radius 2 is 1.92 bits per heavy atom. The molecule has 7 nitrogen and oxygen atoms in total. The number of benzene rings is 1. The van der Waals surface area contributed by atoms with E-state index < -0.39 is 0 Å². The van der Waals surface area contributed by atoms with Crippen molar-refractivity contribution in [1.29, 1.82) is 5.26 Å². The Hall–Kier alpha value is -2.85. The van der Waals surface area contributed by atoms with Gasteiger partial charge in [-0.3, -0.25) is 14.5 Å². The summed E-state index contributed by atoms with van der Waals surface area (Å²) in [5.41, 5.74) is 3.11. The summed E-state index contributed by atoms with van der Waals surface area (Å²) in [5.74, 6) is 0.212. The Morgan fingerprint density at radius 1 is 1.08 bits per heavy atom. The van der Waals surface area contributed by atoms with Gasteiger partial charge in [0.2, 0.25) is 5.91 Å². The molecule has 0 radical (unpaired) electrons. The van der Waals surface area contributed by atoms with Crippen molar-refractivity contribution in [2.75, 3.05) is 26.2 Å². The number of ether oxygens (including phenoxy) is 1. The Kier molecular flexibility index (Phi) is 9.62. The van der Waals surface area contributed by atoms with Crippen LogP contribution in [0.4, 0.5) is 0 Å². The van der Waals surface area contributed by atoms with Gasteiger partial charge < -0.3 is 14.2 Å². The monoisotopic (exact) mass is 506 g/mol. The third kappa shape index (κ3) is 6.54. The van der Waals surface area contributed by atoms with Crippen molar-refractivity contribution in [1.82, 2.24) is 14.4 Å². The number of esters is 1. The van der Waals surface area contributed by atoms with Gasteiger partial charge in [-0.05, 0) is 102 Å². The molecule has 0 spiro atoms. The van der Waals surface area contributed by atoms with Gasteiger partial charge in [0.1, 0.15) is 0 Å². The van der Waals surface area contributed by atoms with Gasteiger partial charge >= 0.3 is 5.97 Å². The number of hydrogen-bond acceptors (Lipinski definition) is 5. The molecule has 2 fully saturated rings. The van der Waals surface area contributed by atoms with E-state index in [0.717, 1.165) is 89.5 Å². The van der Waals surface area contributed by atoms with Crippen LogP contribution in [-0.2, 0) is 27.3 Å². The maximum Gasteiger partial charge on any atom is 0.305 e. The zero-order valence-electron chi connectivity index (χ0n) is 22.6. The Bertz CT molecular complexity index is 1120. The lowest BCUT2D eigenvalue weighted by Gasteiger charge is -2.31.